The van der Waals surface area contributed by atoms with Crippen molar-refractivity contribution in [1.29, 1.82) is 0 Å². The molecule has 3 aromatic rings. The first-order valence-corrected chi connectivity index (χ1v) is 7.38. The molecule has 0 fully saturated rings. The smallest absolute Gasteiger partial charge is 0.305 e. The lowest BCUT2D eigenvalue weighted by molar-refractivity contribution is 0.891. The van der Waals surface area contributed by atoms with Gasteiger partial charge in [0.1, 0.15) is 0 Å². The zero-order valence-corrected chi connectivity index (χ0v) is 12.6. The molecule has 0 spiro atoms. The Morgan fingerprint density at radius 2 is 1.89 bits per heavy atom. The summed E-state index contributed by atoms with van der Waals surface area (Å²) >= 11 is 5.19. The molecule has 5 heteroatoms. The highest BCUT2D eigenvalue weighted by Crippen LogP contribution is 2.37. The van der Waals surface area contributed by atoms with Crippen molar-refractivity contribution in [2.24, 2.45) is 7.05 Å². The van der Waals surface area contributed by atoms with Gasteiger partial charge in [0, 0.05) is 16.4 Å². The summed E-state index contributed by atoms with van der Waals surface area (Å²) in [5.74, 6) is 0. The van der Waals surface area contributed by atoms with Gasteiger partial charge in [-0.25, -0.2) is 4.79 Å². The topological polar surface area (TPSA) is 37.8 Å². The van der Waals surface area contributed by atoms with E-state index in [1.165, 1.54) is 0 Å². The number of fused-ring (bicyclic) bond motifs is 1. The molecule has 0 unspecified atom stereocenters. The van der Waals surface area contributed by atoms with Crippen molar-refractivity contribution < 1.29 is 0 Å². The molecule has 3 nitrogen and oxygen atoms in total. The monoisotopic (exact) mass is 334 g/mol. The Morgan fingerprint density at radius 3 is 2.63 bits per heavy atom. The number of nitrogens with zero attached hydrogens (tertiary/aromatic N) is 1. The maximum atomic E-state index is 11.7. The highest BCUT2D eigenvalue weighted by Gasteiger charge is 2.12. The van der Waals surface area contributed by atoms with E-state index in [4.69, 9.17) is 0 Å². The van der Waals surface area contributed by atoms with Crippen molar-refractivity contribution in [2.45, 2.75) is 9.79 Å². The number of aromatic nitrogens is 2. The zero-order valence-electron chi connectivity index (χ0n) is 10.2. The van der Waals surface area contributed by atoms with Crippen LogP contribution in [-0.4, -0.2) is 9.55 Å². The van der Waals surface area contributed by atoms with Crippen molar-refractivity contribution in [3.8, 4) is 0 Å². The number of rotatable bonds is 2. The molecule has 1 aromatic heterocycles. The van der Waals surface area contributed by atoms with Crippen molar-refractivity contribution in [3.63, 3.8) is 0 Å². The molecule has 19 heavy (non-hydrogen) atoms. The van der Waals surface area contributed by atoms with Crippen LogP contribution in [0.5, 0.6) is 0 Å². The minimum atomic E-state index is -0.0944. The Labute approximate surface area is 122 Å². The van der Waals surface area contributed by atoms with E-state index in [2.05, 4.69) is 33.0 Å². The second-order valence-corrected chi connectivity index (χ2v) is 6.11. The molecule has 2 aromatic carbocycles. The number of imidazole rings is 1. The quantitative estimate of drug-likeness (QED) is 0.774. The van der Waals surface area contributed by atoms with Crippen LogP contribution in [0.2, 0.25) is 0 Å². The Bertz CT molecular complexity index is 792. The van der Waals surface area contributed by atoms with Gasteiger partial charge in [-0.2, -0.15) is 0 Å². The normalized spacial score (nSPS) is 11.1. The molecular formula is C14H11BrN2OS. The van der Waals surface area contributed by atoms with Crippen LogP contribution >= 0.6 is 27.7 Å². The molecule has 0 saturated heterocycles. The van der Waals surface area contributed by atoms with E-state index in [1.54, 1.807) is 23.4 Å². The largest absolute Gasteiger partial charge is 0.326 e. The summed E-state index contributed by atoms with van der Waals surface area (Å²) in [6, 6.07) is 14.0. The van der Waals surface area contributed by atoms with Gasteiger partial charge in [-0.1, -0.05) is 30.0 Å². The standard InChI is InChI=1S/C14H11BrN2OS/c1-17-11-8-7-10(15)13(12(11)16-14(17)18)19-9-5-3-2-4-6-9/h2-8H,1H3,(H,16,18). The first kappa shape index (κ1) is 12.6. The maximum absolute atomic E-state index is 11.7. The Hall–Kier alpha value is -1.46. The third kappa shape index (κ3) is 2.24. The van der Waals surface area contributed by atoms with Gasteiger partial charge < -0.3 is 4.98 Å². The van der Waals surface area contributed by atoms with Gasteiger partial charge in [0.15, 0.2) is 0 Å². The molecule has 0 amide bonds. The second-order valence-electron chi connectivity index (χ2n) is 4.17. The number of H-pyrrole nitrogens is 1. The van der Waals surface area contributed by atoms with Crippen molar-refractivity contribution in [2.75, 3.05) is 0 Å². The van der Waals surface area contributed by atoms with E-state index in [0.717, 1.165) is 25.3 Å². The molecule has 0 aliphatic rings. The lowest BCUT2D eigenvalue weighted by Gasteiger charge is -2.06. The average Bonchev–Trinajstić information content (AvgIpc) is 2.71. The zero-order chi connectivity index (χ0) is 13.4. The van der Waals surface area contributed by atoms with Crippen LogP contribution in [-0.2, 0) is 7.05 Å². The lowest BCUT2D eigenvalue weighted by atomic mass is 10.3. The highest BCUT2D eigenvalue weighted by atomic mass is 79.9. The molecule has 0 saturated carbocycles. The Morgan fingerprint density at radius 1 is 1.16 bits per heavy atom. The summed E-state index contributed by atoms with van der Waals surface area (Å²) in [4.78, 5) is 16.8. The number of aryl methyl sites for hydroxylation is 1. The van der Waals surface area contributed by atoms with Gasteiger partial charge in [-0.3, -0.25) is 4.57 Å². The van der Waals surface area contributed by atoms with E-state index < -0.39 is 0 Å². The van der Waals surface area contributed by atoms with Crippen molar-refractivity contribution in [3.05, 3.63) is 57.4 Å². The third-order valence-corrected chi connectivity index (χ3v) is 5.01. The number of nitrogens with one attached hydrogen (secondary N) is 1. The fourth-order valence-electron chi connectivity index (χ4n) is 1.95. The molecular weight excluding hydrogens is 324 g/mol. The molecule has 0 aliphatic heterocycles. The number of halogens is 1. The van der Waals surface area contributed by atoms with E-state index >= 15 is 0 Å². The summed E-state index contributed by atoms with van der Waals surface area (Å²) in [7, 11) is 1.77. The van der Waals surface area contributed by atoms with Crippen molar-refractivity contribution in [1.82, 2.24) is 9.55 Å². The molecule has 0 bridgehead atoms. The first-order valence-electron chi connectivity index (χ1n) is 5.77. The number of hydrogen-bond acceptors (Lipinski definition) is 2. The van der Waals surface area contributed by atoms with Gasteiger partial charge in [-0.05, 0) is 40.2 Å². The van der Waals surface area contributed by atoms with Gasteiger partial charge >= 0.3 is 5.69 Å². The maximum Gasteiger partial charge on any atom is 0.326 e. The molecule has 1 N–H and O–H groups in total. The minimum absolute atomic E-state index is 0.0944. The lowest BCUT2D eigenvalue weighted by Crippen LogP contribution is -2.11. The molecule has 96 valence electrons. The molecule has 0 aliphatic carbocycles. The highest BCUT2D eigenvalue weighted by molar-refractivity contribution is 9.10. The predicted molar refractivity (Wildman–Crippen MR) is 81.8 cm³/mol. The molecule has 3 rings (SSSR count). The van der Waals surface area contributed by atoms with Gasteiger partial charge in [-0.15, -0.1) is 0 Å². The Balaban J connectivity index is 2.20. The van der Waals surface area contributed by atoms with Crippen LogP contribution in [0.1, 0.15) is 0 Å². The summed E-state index contributed by atoms with van der Waals surface area (Å²) in [6.45, 7) is 0. The summed E-state index contributed by atoms with van der Waals surface area (Å²) in [5.41, 5.74) is 1.69. The number of aromatic amines is 1. The molecule has 0 radical (unpaired) electrons. The minimum Gasteiger partial charge on any atom is -0.305 e. The average molecular weight is 335 g/mol. The van der Waals surface area contributed by atoms with Crippen LogP contribution in [0.4, 0.5) is 0 Å². The number of benzene rings is 2. The molecule has 1 heterocycles. The van der Waals surface area contributed by atoms with Gasteiger partial charge in [0.25, 0.3) is 0 Å². The fourth-order valence-corrected chi connectivity index (χ4v) is 3.48. The molecule has 0 atom stereocenters. The van der Waals surface area contributed by atoms with E-state index in [1.807, 2.05) is 30.3 Å². The summed E-state index contributed by atoms with van der Waals surface area (Å²) in [6.07, 6.45) is 0. The van der Waals surface area contributed by atoms with Gasteiger partial charge in [0.05, 0.1) is 15.9 Å². The van der Waals surface area contributed by atoms with E-state index in [9.17, 15) is 4.79 Å². The Kier molecular flexibility index (Phi) is 3.24. The SMILES string of the molecule is Cn1c(=O)[nH]c2c(Sc3ccccc3)c(Br)ccc21. The van der Waals surface area contributed by atoms with Crippen LogP contribution in [0, 0.1) is 0 Å². The predicted octanol–water partition coefficient (Wildman–Crippen LogP) is 3.78. The first-order chi connectivity index (χ1) is 9.16. The van der Waals surface area contributed by atoms with Gasteiger partial charge in [0.2, 0.25) is 0 Å². The van der Waals surface area contributed by atoms with Crippen molar-refractivity contribution >= 4 is 38.7 Å². The van der Waals surface area contributed by atoms with Crippen LogP contribution in [0.25, 0.3) is 11.0 Å². The summed E-state index contributed by atoms with van der Waals surface area (Å²) < 4.78 is 2.60. The second kappa shape index (κ2) is 4.90. The summed E-state index contributed by atoms with van der Waals surface area (Å²) in [5, 5.41) is 0. The van der Waals surface area contributed by atoms with Crippen LogP contribution < -0.4 is 5.69 Å². The van der Waals surface area contributed by atoms with E-state index in [-0.39, 0.29) is 5.69 Å². The number of hydrogen-bond donors (Lipinski definition) is 1. The van der Waals surface area contributed by atoms with Crippen LogP contribution in [0.3, 0.4) is 0 Å². The fraction of sp³-hybridized carbons (Fsp3) is 0.0714. The van der Waals surface area contributed by atoms with Crippen LogP contribution in [0.15, 0.2) is 61.5 Å². The van der Waals surface area contributed by atoms with E-state index in [0.29, 0.717) is 0 Å². The third-order valence-electron chi connectivity index (χ3n) is 2.95.